The molecule has 0 atom stereocenters. The van der Waals surface area contributed by atoms with Crippen LogP contribution >= 0.6 is 0 Å². The van der Waals surface area contributed by atoms with E-state index < -0.39 is 6.55 Å². The van der Waals surface area contributed by atoms with Crippen LogP contribution in [-0.4, -0.2) is 39.3 Å². The van der Waals surface area contributed by atoms with Crippen LogP contribution < -0.4 is 0 Å². The molecule has 0 spiro atoms. The monoisotopic (exact) mass is 217 g/mol. The molecule has 4 nitrogen and oxygen atoms in total. The fourth-order valence-corrected chi connectivity index (χ4v) is 1.77. The van der Waals surface area contributed by atoms with E-state index in [1.54, 1.807) is 0 Å². The van der Waals surface area contributed by atoms with E-state index in [1.807, 2.05) is 4.90 Å². The zero-order chi connectivity index (χ0) is 10.8. The summed E-state index contributed by atoms with van der Waals surface area (Å²) in [6, 6.07) is 0. The second-order valence-corrected chi connectivity index (χ2v) is 3.77. The standard InChI is InChI=1S/C9H13F2N3O/c10-9(11)14-2-1-12-8(14)5-13-3-7(4-13)6-15/h1-2,7,9,15H,3-6H2. The molecule has 1 aliphatic heterocycles. The van der Waals surface area contributed by atoms with Crippen molar-refractivity contribution in [1.82, 2.24) is 14.5 Å². The van der Waals surface area contributed by atoms with Gasteiger partial charge >= 0.3 is 6.55 Å². The average Bonchev–Trinajstić information content (AvgIpc) is 2.58. The maximum absolute atomic E-state index is 12.4. The van der Waals surface area contributed by atoms with E-state index in [0.717, 1.165) is 17.7 Å². The fourth-order valence-electron chi connectivity index (χ4n) is 1.77. The molecule has 0 saturated carbocycles. The van der Waals surface area contributed by atoms with E-state index in [9.17, 15) is 8.78 Å². The highest BCUT2D eigenvalue weighted by atomic mass is 19.3. The van der Waals surface area contributed by atoms with Gasteiger partial charge in [0.2, 0.25) is 0 Å². The third-order valence-electron chi connectivity index (χ3n) is 2.62. The van der Waals surface area contributed by atoms with Crippen LogP contribution in [0.4, 0.5) is 8.78 Å². The average molecular weight is 217 g/mol. The molecule has 1 aliphatic rings. The summed E-state index contributed by atoms with van der Waals surface area (Å²) < 4.78 is 25.7. The normalized spacial score (nSPS) is 18.4. The lowest BCUT2D eigenvalue weighted by molar-refractivity contribution is 0.0336. The van der Waals surface area contributed by atoms with Crippen molar-refractivity contribution >= 4 is 0 Å². The quantitative estimate of drug-likeness (QED) is 0.807. The number of halogens is 2. The summed E-state index contributed by atoms with van der Waals surface area (Å²) in [5.74, 6) is 0.668. The van der Waals surface area contributed by atoms with E-state index in [-0.39, 0.29) is 6.61 Å². The minimum atomic E-state index is -2.53. The Morgan fingerprint density at radius 2 is 2.27 bits per heavy atom. The van der Waals surface area contributed by atoms with Crippen molar-refractivity contribution in [3.05, 3.63) is 18.2 Å². The highest BCUT2D eigenvalue weighted by Crippen LogP contribution is 2.19. The van der Waals surface area contributed by atoms with Crippen molar-refractivity contribution in [2.75, 3.05) is 19.7 Å². The van der Waals surface area contributed by atoms with Crippen molar-refractivity contribution < 1.29 is 13.9 Å². The van der Waals surface area contributed by atoms with Crippen molar-refractivity contribution in [2.45, 2.75) is 13.1 Å². The molecule has 0 unspecified atom stereocenters. The van der Waals surface area contributed by atoms with E-state index in [0.29, 0.717) is 18.3 Å². The summed E-state index contributed by atoms with van der Waals surface area (Å²) in [6.07, 6.45) is 2.66. The van der Waals surface area contributed by atoms with E-state index >= 15 is 0 Å². The summed E-state index contributed by atoms with van der Waals surface area (Å²) in [6.45, 7) is -0.426. The summed E-state index contributed by atoms with van der Waals surface area (Å²) >= 11 is 0. The van der Waals surface area contributed by atoms with E-state index in [2.05, 4.69) is 4.98 Å². The van der Waals surface area contributed by atoms with Gasteiger partial charge in [-0.25, -0.2) is 4.98 Å². The van der Waals surface area contributed by atoms with Crippen LogP contribution in [0.25, 0.3) is 0 Å². The molecular weight excluding hydrogens is 204 g/mol. The molecule has 0 aromatic carbocycles. The predicted octanol–water partition coefficient (Wildman–Crippen LogP) is 0.702. The first-order chi connectivity index (χ1) is 7.20. The van der Waals surface area contributed by atoms with E-state index in [1.165, 1.54) is 12.4 Å². The zero-order valence-electron chi connectivity index (χ0n) is 8.18. The van der Waals surface area contributed by atoms with Gasteiger partial charge in [-0.05, 0) is 0 Å². The van der Waals surface area contributed by atoms with Crippen LogP contribution in [0.1, 0.15) is 12.4 Å². The lowest BCUT2D eigenvalue weighted by Gasteiger charge is -2.37. The van der Waals surface area contributed by atoms with Gasteiger partial charge in [0.1, 0.15) is 5.82 Å². The molecule has 2 rings (SSSR count). The molecule has 0 aliphatic carbocycles. The SMILES string of the molecule is OCC1CN(Cc2nccn2C(F)F)C1. The van der Waals surface area contributed by atoms with Gasteiger partial charge in [0.05, 0.1) is 6.54 Å². The Balaban J connectivity index is 1.91. The molecule has 0 radical (unpaired) electrons. The number of alkyl halides is 2. The highest BCUT2D eigenvalue weighted by molar-refractivity contribution is 4.95. The molecule has 15 heavy (non-hydrogen) atoms. The number of nitrogens with zero attached hydrogens (tertiary/aromatic N) is 3. The largest absolute Gasteiger partial charge is 0.396 e. The van der Waals surface area contributed by atoms with Gasteiger partial charge in [0.15, 0.2) is 0 Å². The summed E-state index contributed by atoms with van der Waals surface area (Å²) in [4.78, 5) is 5.88. The van der Waals surface area contributed by atoms with Gasteiger partial charge in [-0.1, -0.05) is 0 Å². The number of hydrogen-bond donors (Lipinski definition) is 1. The Labute approximate surface area is 86.1 Å². The van der Waals surface area contributed by atoms with Crippen molar-refractivity contribution in [3.63, 3.8) is 0 Å². The summed E-state index contributed by atoms with van der Waals surface area (Å²) in [5, 5.41) is 8.81. The molecule has 1 aromatic heterocycles. The predicted molar refractivity (Wildman–Crippen MR) is 49.3 cm³/mol. The maximum atomic E-state index is 12.4. The van der Waals surface area contributed by atoms with Gasteiger partial charge < -0.3 is 5.11 Å². The molecule has 1 aromatic rings. The van der Waals surface area contributed by atoms with Gasteiger partial charge in [-0.2, -0.15) is 8.78 Å². The third kappa shape index (κ3) is 2.15. The molecule has 6 heteroatoms. The van der Waals surface area contributed by atoms with Crippen molar-refractivity contribution in [2.24, 2.45) is 5.92 Å². The van der Waals surface area contributed by atoms with Crippen molar-refractivity contribution in [3.8, 4) is 0 Å². The molecule has 1 saturated heterocycles. The minimum absolute atomic E-state index is 0.166. The molecule has 1 N–H and O–H groups in total. The Bertz CT molecular complexity index is 323. The van der Waals surface area contributed by atoms with Crippen LogP contribution in [0.3, 0.4) is 0 Å². The van der Waals surface area contributed by atoms with Gasteiger partial charge in [-0.3, -0.25) is 9.47 Å². The Hall–Kier alpha value is -1.01. The Morgan fingerprint density at radius 1 is 1.53 bits per heavy atom. The molecule has 0 amide bonds. The Kier molecular flexibility index (Phi) is 2.97. The fraction of sp³-hybridized carbons (Fsp3) is 0.667. The Morgan fingerprint density at radius 3 is 2.87 bits per heavy atom. The van der Waals surface area contributed by atoms with Gasteiger partial charge in [0, 0.05) is 38.0 Å². The molecule has 2 heterocycles. The molecular formula is C9H13F2N3O. The lowest BCUT2D eigenvalue weighted by atomic mass is 10.0. The van der Waals surface area contributed by atoms with Crippen LogP contribution in [0.15, 0.2) is 12.4 Å². The topological polar surface area (TPSA) is 41.3 Å². The first-order valence-electron chi connectivity index (χ1n) is 4.83. The lowest BCUT2D eigenvalue weighted by Crippen LogP contribution is -2.47. The first kappa shape index (κ1) is 10.5. The smallest absolute Gasteiger partial charge is 0.319 e. The van der Waals surface area contributed by atoms with Gasteiger partial charge in [-0.15, -0.1) is 0 Å². The van der Waals surface area contributed by atoms with E-state index in [4.69, 9.17) is 5.11 Å². The second-order valence-electron chi connectivity index (χ2n) is 3.77. The van der Waals surface area contributed by atoms with Crippen LogP contribution in [0.2, 0.25) is 0 Å². The number of aliphatic hydroxyl groups is 1. The third-order valence-corrected chi connectivity index (χ3v) is 2.62. The molecule has 0 bridgehead atoms. The number of imidazole rings is 1. The highest BCUT2D eigenvalue weighted by Gasteiger charge is 2.27. The second kappa shape index (κ2) is 4.24. The minimum Gasteiger partial charge on any atom is -0.396 e. The maximum Gasteiger partial charge on any atom is 0.319 e. The van der Waals surface area contributed by atoms with Crippen molar-refractivity contribution in [1.29, 1.82) is 0 Å². The molecule has 84 valence electrons. The number of aliphatic hydroxyl groups excluding tert-OH is 1. The zero-order valence-corrected chi connectivity index (χ0v) is 8.18. The summed E-state index contributed by atoms with van der Waals surface area (Å²) in [7, 11) is 0. The van der Waals surface area contributed by atoms with Crippen LogP contribution in [-0.2, 0) is 6.54 Å². The number of likely N-dealkylation sites (tertiary alicyclic amines) is 1. The summed E-state index contributed by atoms with van der Waals surface area (Å²) in [5.41, 5.74) is 0. The number of hydrogen-bond acceptors (Lipinski definition) is 3. The number of aromatic nitrogens is 2. The van der Waals surface area contributed by atoms with Crippen LogP contribution in [0, 0.1) is 5.92 Å². The number of rotatable bonds is 4. The first-order valence-corrected chi connectivity index (χ1v) is 4.83. The van der Waals surface area contributed by atoms with Crippen LogP contribution in [0.5, 0.6) is 0 Å². The van der Waals surface area contributed by atoms with Gasteiger partial charge in [0.25, 0.3) is 0 Å². The molecule has 1 fully saturated rings.